The lowest BCUT2D eigenvalue weighted by Crippen LogP contribution is -2.19. The van der Waals surface area contributed by atoms with E-state index < -0.39 is 11.7 Å². The van der Waals surface area contributed by atoms with Crippen molar-refractivity contribution < 1.29 is 13.2 Å². The van der Waals surface area contributed by atoms with E-state index in [1.54, 1.807) is 11.8 Å². The molecule has 0 spiro atoms. The molecule has 1 aromatic rings. The molecule has 1 atom stereocenters. The van der Waals surface area contributed by atoms with Crippen molar-refractivity contribution in [2.75, 3.05) is 22.2 Å². The standard InChI is InChI=1S/C12H19F3N4S/c1-3-20-5-4-8(2)17-10-6-9(12(13,14)15)7-11(18-10)19-16/h6-8H,3-5,16H2,1-2H3,(H2,17,18,19). The van der Waals surface area contributed by atoms with Gasteiger partial charge in [0.15, 0.2) is 0 Å². The number of halogens is 3. The highest BCUT2D eigenvalue weighted by Crippen LogP contribution is 2.32. The molecule has 0 aliphatic heterocycles. The average Bonchev–Trinajstić information content (AvgIpc) is 2.37. The zero-order valence-electron chi connectivity index (χ0n) is 11.4. The van der Waals surface area contributed by atoms with Crippen LogP contribution in [0, 0.1) is 0 Å². The molecule has 0 saturated carbocycles. The fraction of sp³-hybridized carbons (Fsp3) is 0.583. The Morgan fingerprint density at radius 3 is 2.55 bits per heavy atom. The lowest BCUT2D eigenvalue weighted by Gasteiger charge is -2.16. The smallest absolute Gasteiger partial charge is 0.368 e. The SMILES string of the molecule is CCSCCC(C)Nc1cc(C(F)(F)F)cc(NN)n1. The van der Waals surface area contributed by atoms with Gasteiger partial charge in [-0.15, -0.1) is 0 Å². The lowest BCUT2D eigenvalue weighted by molar-refractivity contribution is -0.137. The van der Waals surface area contributed by atoms with Gasteiger partial charge in [-0.1, -0.05) is 6.92 Å². The first kappa shape index (κ1) is 16.9. The zero-order valence-corrected chi connectivity index (χ0v) is 12.2. The predicted molar refractivity (Wildman–Crippen MR) is 77.7 cm³/mol. The van der Waals surface area contributed by atoms with E-state index in [9.17, 15) is 13.2 Å². The van der Waals surface area contributed by atoms with E-state index in [1.807, 2.05) is 6.92 Å². The van der Waals surface area contributed by atoms with Crippen LogP contribution in [0.2, 0.25) is 0 Å². The number of thioether (sulfide) groups is 1. The molecule has 114 valence electrons. The first-order valence-corrected chi connectivity index (χ1v) is 7.42. The molecule has 1 unspecified atom stereocenters. The Balaban J connectivity index is 2.78. The molecule has 1 aromatic heterocycles. The number of rotatable bonds is 7. The Labute approximate surface area is 120 Å². The molecule has 0 amide bonds. The van der Waals surface area contributed by atoms with Crippen molar-refractivity contribution in [3.63, 3.8) is 0 Å². The summed E-state index contributed by atoms with van der Waals surface area (Å²) in [4.78, 5) is 3.98. The summed E-state index contributed by atoms with van der Waals surface area (Å²) in [5.41, 5.74) is 1.37. The van der Waals surface area contributed by atoms with Crippen LogP contribution in [0.5, 0.6) is 0 Å². The van der Waals surface area contributed by atoms with Gasteiger partial charge in [-0.3, -0.25) is 0 Å². The van der Waals surface area contributed by atoms with Crippen LogP contribution in [0.1, 0.15) is 25.8 Å². The molecule has 0 radical (unpaired) electrons. The molecule has 8 heteroatoms. The summed E-state index contributed by atoms with van der Waals surface area (Å²) in [6.07, 6.45) is -3.58. The van der Waals surface area contributed by atoms with Crippen LogP contribution in [-0.4, -0.2) is 22.5 Å². The molecular formula is C12H19F3N4S. The van der Waals surface area contributed by atoms with E-state index in [-0.39, 0.29) is 17.7 Å². The summed E-state index contributed by atoms with van der Waals surface area (Å²) >= 11 is 1.79. The van der Waals surface area contributed by atoms with Crippen LogP contribution in [0.3, 0.4) is 0 Å². The molecule has 0 bridgehead atoms. The molecule has 0 aliphatic carbocycles. The highest BCUT2D eigenvalue weighted by molar-refractivity contribution is 7.99. The van der Waals surface area contributed by atoms with Crippen LogP contribution in [-0.2, 0) is 6.18 Å². The van der Waals surface area contributed by atoms with E-state index in [0.717, 1.165) is 30.1 Å². The summed E-state index contributed by atoms with van der Waals surface area (Å²) in [6, 6.07) is 1.91. The van der Waals surface area contributed by atoms with Crippen molar-refractivity contribution in [2.45, 2.75) is 32.5 Å². The second-order valence-corrected chi connectivity index (χ2v) is 5.69. The third kappa shape index (κ3) is 5.46. The molecule has 4 nitrogen and oxygen atoms in total. The largest absolute Gasteiger partial charge is 0.416 e. The molecule has 0 fully saturated rings. The van der Waals surface area contributed by atoms with Crippen LogP contribution < -0.4 is 16.6 Å². The van der Waals surface area contributed by atoms with E-state index in [0.29, 0.717) is 0 Å². The third-order valence-electron chi connectivity index (χ3n) is 2.59. The Kier molecular flexibility index (Phi) is 6.41. The molecule has 20 heavy (non-hydrogen) atoms. The molecule has 4 N–H and O–H groups in total. The first-order chi connectivity index (χ1) is 9.36. The summed E-state index contributed by atoms with van der Waals surface area (Å²) in [6.45, 7) is 3.98. The van der Waals surface area contributed by atoms with Crippen molar-refractivity contribution in [3.05, 3.63) is 17.7 Å². The van der Waals surface area contributed by atoms with Gasteiger partial charge in [-0.2, -0.15) is 24.9 Å². The Morgan fingerprint density at radius 2 is 2.00 bits per heavy atom. The number of aromatic nitrogens is 1. The van der Waals surface area contributed by atoms with Gasteiger partial charge in [-0.25, -0.2) is 10.8 Å². The van der Waals surface area contributed by atoms with E-state index in [4.69, 9.17) is 5.84 Å². The highest BCUT2D eigenvalue weighted by Gasteiger charge is 2.31. The van der Waals surface area contributed by atoms with Crippen LogP contribution in [0.25, 0.3) is 0 Å². The minimum atomic E-state index is -4.42. The fourth-order valence-corrected chi connectivity index (χ4v) is 2.38. The number of hydrogen-bond acceptors (Lipinski definition) is 5. The summed E-state index contributed by atoms with van der Waals surface area (Å²) in [7, 11) is 0. The monoisotopic (exact) mass is 308 g/mol. The van der Waals surface area contributed by atoms with Crippen molar-refractivity contribution in [1.82, 2.24) is 4.98 Å². The Morgan fingerprint density at radius 1 is 1.35 bits per heavy atom. The van der Waals surface area contributed by atoms with Crippen LogP contribution in [0.4, 0.5) is 24.8 Å². The van der Waals surface area contributed by atoms with Crippen LogP contribution in [0.15, 0.2) is 12.1 Å². The van der Waals surface area contributed by atoms with Gasteiger partial charge in [0.05, 0.1) is 5.56 Å². The molecule has 0 aliphatic rings. The van der Waals surface area contributed by atoms with Crippen molar-refractivity contribution in [2.24, 2.45) is 5.84 Å². The second-order valence-electron chi connectivity index (χ2n) is 4.30. The van der Waals surface area contributed by atoms with Gasteiger partial charge < -0.3 is 10.7 Å². The highest BCUT2D eigenvalue weighted by atomic mass is 32.2. The lowest BCUT2D eigenvalue weighted by atomic mass is 10.2. The van der Waals surface area contributed by atoms with Crippen molar-refractivity contribution in [3.8, 4) is 0 Å². The zero-order chi connectivity index (χ0) is 15.2. The third-order valence-corrected chi connectivity index (χ3v) is 3.53. The number of alkyl halides is 3. The van der Waals surface area contributed by atoms with E-state index in [1.165, 1.54) is 0 Å². The fourth-order valence-electron chi connectivity index (χ4n) is 1.57. The molecular weight excluding hydrogens is 289 g/mol. The number of hydrazine groups is 1. The van der Waals surface area contributed by atoms with Gasteiger partial charge >= 0.3 is 6.18 Å². The minimum absolute atomic E-state index is 0.0162. The average molecular weight is 308 g/mol. The van der Waals surface area contributed by atoms with E-state index in [2.05, 4.69) is 22.7 Å². The van der Waals surface area contributed by atoms with Crippen molar-refractivity contribution in [1.29, 1.82) is 0 Å². The van der Waals surface area contributed by atoms with Gasteiger partial charge in [0, 0.05) is 6.04 Å². The summed E-state index contributed by atoms with van der Waals surface area (Å²) < 4.78 is 38.2. The normalized spacial score (nSPS) is 13.1. The van der Waals surface area contributed by atoms with Crippen molar-refractivity contribution >= 4 is 23.4 Å². The second kappa shape index (κ2) is 7.58. The van der Waals surface area contributed by atoms with Gasteiger partial charge in [0.25, 0.3) is 0 Å². The Bertz CT molecular complexity index is 426. The number of anilines is 2. The molecule has 1 rings (SSSR count). The maximum Gasteiger partial charge on any atom is 0.416 e. The minimum Gasteiger partial charge on any atom is -0.368 e. The van der Waals surface area contributed by atoms with E-state index >= 15 is 0 Å². The summed E-state index contributed by atoms with van der Waals surface area (Å²) in [5, 5.41) is 2.97. The maximum atomic E-state index is 12.7. The Hall–Kier alpha value is -1.15. The van der Waals surface area contributed by atoms with Gasteiger partial charge in [0.1, 0.15) is 11.6 Å². The first-order valence-electron chi connectivity index (χ1n) is 6.27. The van der Waals surface area contributed by atoms with Gasteiger partial charge in [-0.05, 0) is 37.0 Å². The number of nitrogens with two attached hydrogens (primary N) is 1. The number of nitrogens with one attached hydrogen (secondary N) is 2. The number of nitrogen functional groups attached to an aromatic ring is 1. The molecule has 0 saturated heterocycles. The topological polar surface area (TPSA) is 63.0 Å². The maximum absolute atomic E-state index is 12.7. The molecule has 1 heterocycles. The van der Waals surface area contributed by atoms with Crippen LogP contribution >= 0.6 is 11.8 Å². The predicted octanol–water partition coefficient (Wildman–Crippen LogP) is 3.33. The number of nitrogens with zero attached hydrogens (tertiary/aromatic N) is 1. The summed E-state index contributed by atoms with van der Waals surface area (Å²) in [5.74, 6) is 7.27. The quantitative estimate of drug-likeness (QED) is 0.410. The molecule has 0 aromatic carbocycles. The number of hydrogen-bond donors (Lipinski definition) is 3. The number of pyridine rings is 1. The van der Waals surface area contributed by atoms with Gasteiger partial charge in [0.2, 0.25) is 0 Å².